The molecule has 0 fully saturated rings. The predicted octanol–water partition coefficient (Wildman–Crippen LogP) is 3.73. The lowest BCUT2D eigenvalue weighted by atomic mass is 10.1. The molecular formula is C18H17NO3. The van der Waals surface area contributed by atoms with E-state index in [4.69, 9.17) is 9.84 Å². The lowest BCUT2D eigenvalue weighted by molar-refractivity contribution is 0.0697. The fourth-order valence-corrected chi connectivity index (χ4v) is 2.42. The van der Waals surface area contributed by atoms with Crippen molar-refractivity contribution in [3.63, 3.8) is 0 Å². The van der Waals surface area contributed by atoms with Crippen molar-refractivity contribution in [2.75, 3.05) is 6.61 Å². The predicted molar refractivity (Wildman–Crippen MR) is 85.6 cm³/mol. The first-order valence-corrected chi connectivity index (χ1v) is 7.15. The molecule has 0 radical (unpaired) electrons. The zero-order chi connectivity index (χ0) is 15.5. The molecule has 112 valence electrons. The number of carboxylic acid groups (broad SMARTS) is 1. The maximum atomic E-state index is 11.0. The van der Waals surface area contributed by atoms with E-state index in [0.29, 0.717) is 18.7 Å². The summed E-state index contributed by atoms with van der Waals surface area (Å²) in [6.07, 6.45) is 1.95. The highest BCUT2D eigenvalue weighted by Crippen LogP contribution is 2.18. The molecule has 3 rings (SSSR count). The number of aryl methyl sites for hydroxylation is 1. The number of aromatic carboxylic acids is 1. The molecule has 3 aromatic rings. The number of hydrogen-bond acceptors (Lipinski definition) is 2. The first kappa shape index (κ1) is 14.2. The van der Waals surface area contributed by atoms with Crippen molar-refractivity contribution in [2.24, 2.45) is 0 Å². The molecule has 0 aliphatic carbocycles. The Bertz CT molecular complexity index is 803. The van der Waals surface area contributed by atoms with E-state index in [-0.39, 0.29) is 0 Å². The summed E-state index contributed by atoms with van der Waals surface area (Å²) < 4.78 is 7.79. The molecule has 22 heavy (non-hydrogen) atoms. The van der Waals surface area contributed by atoms with Crippen LogP contribution in [0.1, 0.15) is 15.9 Å². The van der Waals surface area contributed by atoms with Crippen LogP contribution in [0, 0.1) is 6.92 Å². The molecule has 0 amide bonds. The molecule has 0 saturated heterocycles. The zero-order valence-electron chi connectivity index (χ0n) is 12.3. The van der Waals surface area contributed by atoms with Crippen LogP contribution in [0.2, 0.25) is 0 Å². The molecule has 2 aromatic carbocycles. The van der Waals surface area contributed by atoms with Gasteiger partial charge in [0.05, 0.1) is 12.1 Å². The van der Waals surface area contributed by atoms with Crippen LogP contribution < -0.4 is 4.74 Å². The minimum absolute atomic E-state index is 0.307. The van der Waals surface area contributed by atoms with E-state index < -0.39 is 5.97 Å². The second-order valence-electron chi connectivity index (χ2n) is 5.25. The van der Waals surface area contributed by atoms with Crippen molar-refractivity contribution in [1.29, 1.82) is 0 Å². The fourth-order valence-electron chi connectivity index (χ4n) is 2.42. The van der Waals surface area contributed by atoms with Gasteiger partial charge in [0.1, 0.15) is 12.4 Å². The summed E-state index contributed by atoms with van der Waals surface area (Å²) >= 11 is 0. The van der Waals surface area contributed by atoms with Gasteiger partial charge in [0.2, 0.25) is 0 Å². The third-order valence-corrected chi connectivity index (χ3v) is 3.64. The van der Waals surface area contributed by atoms with Gasteiger partial charge >= 0.3 is 5.97 Å². The third-order valence-electron chi connectivity index (χ3n) is 3.64. The maximum absolute atomic E-state index is 11.0. The van der Waals surface area contributed by atoms with Crippen molar-refractivity contribution in [3.8, 4) is 5.75 Å². The molecule has 1 N–H and O–H groups in total. The number of aromatic nitrogens is 1. The van der Waals surface area contributed by atoms with E-state index in [1.54, 1.807) is 12.1 Å². The van der Waals surface area contributed by atoms with Crippen LogP contribution >= 0.6 is 0 Å². The van der Waals surface area contributed by atoms with E-state index in [1.807, 2.05) is 49.5 Å². The van der Waals surface area contributed by atoms with E-state index in [0.717, 1.165) is 16.7 Å². The first-order valence-electron chi connectivity index (χ1n) is 7.15. The van der Waals surface area contributed by atoms with E-state index >= 15 is 0 Å². The smallest absolute Gasteiger partial charge is 0.335 e. The maximum Gasteiger partial charge on any atom is 0.335 e. The topological polar surface area (TPSA) is 51.5 Å². The highest BCUT2D eigenvalue weighted by atomic mass is 16.5. The molecule has 0 spiro atoms. The van der Waals surface area contributed by atoms with Crippen LogP contribution in [0.5, 0.6) is 5.75 Å². The Kier molecular flexibility index (Phi) is 3.83. The first-order chi connectivity index (χ1) is 10.6. The van der Waals surface area contributed by atoms with Gasteiger partial charge < -0.3 is 14.4 Å². The van der Waals surface area contributed by atoms with Gasteiger partial charge in [-0.05, 0) is 43.3 Å². The van der Waals surface area contributed by atoms with Gasteiger partial charge in [0.15, 0.2) is 0 Å². The number of carboxylic acids is 1. The number of carbonyl (C=O) groups is 1. The number of fused-ring (bicyclic) bond motifs is 1. The molecule has 0 aliphatic rings. The van der Waals surface area contributed by atoms with E-state index in [1.165, 1.54) is 5.56 Å². The minimum atomic E-state index is -0.905. The second kappa shape index (κ2) is 5.93. The van der Waals surface area contributed by atoms with Gasteiger partial charge in [0, 0.05) is 17.1 Å². The molecule has 0 atom stereocenters. The number of ether oxygens (including phenoxy) is 1. The van der Waals surface area contributed by atoms with Crippen LogP contribution in [-0.4, -0.2) is 22.2 Å². The molecule has 4 nitrogen and oxygen atoms in total. The lowest BCUT2D eigenvalue weighted by Crippen LogP contribution is -2.07. The Hall–Kier alpha value is -2.75. The normalized spacial score (nSPS) is 10.8. The Morgan fingerprint density at radius 2 is 1.91 bits per heavy atom. The molecule has 0 aliphatic heterocycles. The van der Waals surface area contributed by atoms with Gasteiger partial charge in [-0.15, -0.1) is 0 Å². The van der Waals surface area contributed by atoms with Crippen molar-refractivity contribution in [2.45, 2.75) is 13.5 Å². The lowest BCUT2D eigenvalue weighted by Gasteiger charge is -2.08. The minimum Gasteiger partial charge on any atom is -0.492 e. The van der Waals surface area contributed by atoms with Gasteiger partial charge in [-0.3, -0.25) is 0 Å². The monoisotopic (exact) mass is 295 g/mol. The van der Waals surface area contributed by atoms with Crippen LogP contribution in [0.15, 0.2) is 54.7 Å². The summed E-state index contributed by atoms with van der Waals surface area (Å²) in [7, 11) is 0. The Morgan fingerprint density at radius 3 is 2.64 bits per heavy atom. The van der Waals surface area contributed by atoms with Crippen molar-refractivity contribution in [3.05, 3.63) is 65.9 Å². The van der Waals surface area contributed by atoms with Crippen molar-refractivity contribution in [1.82, 2.24) is 4.57 Å². The molecule has 0 bridgehead atoms. The summed E-state index contributed by atoms with van der Waals surface area (Å²) in [6.45, 7) is 3.32. The average Bonchev–Trinajstić information content (AvgIpc) is 2.92. The quantitative estimate of drug-likeness (QED) is 0.780. The highest BCUT2D eigenvalue weighted by molar-refractivity contribution is 5.93. The van der Waals surface area contributed by atoms with E-state index in [2.05, 4.69) is 4.57 Å². The summed E-state index contributed by atoms with van der Waals surface area (Å²) in [5, 5.41) is 9.94. The number of benzene rings is 2. The standard InChI is InChI=1S/C18H17NO3/c1-13-2-5-16(6-3-13)22-11-10-19-9-8-14-12-15(18(20)21)4-7-17(14)19/h2-9,12H,10-11H2,1H3,(H,20,21). The Balaban J connectivity index is 1.69. The summed E-state index contributed by atoms with van der Waals surface area (Å²) in [6, 6.07) is 15.0. The SMILES string of the molecule is Cc1ccc(OCCn2ccc3cc(C(=O)O)ccc32)cc1. The van der Waals surface area contributed by atoms with Crippen molar-refractivity contribution >= 4 is 16.9 Å². The average molecular weight is 295 g/mol. The second-order valence-corrected chi connectivity index (χ2v) is 5.25. The van der Waals surface area contributed by atoms with Crippen LogP contribution in [0.4, 0.5) is 0 Å². The highest BCUT2D eigenvalue weighted by Gasteiger charge is 2.06. The largest absolute Gasteiger partial charge is 0.492 e. The van der Waals surface area contributed by atoms with Gasteiger partial charge in [-0.25, -0.2) is 4.79 Å². The number of hydrogen-bond donors (Lipinski definition) is 1. The molecule has 0 unspecified atom stereocenters. The zero-order valence-corrected chi connectivity index (χ0v) is 12.3. The molecule has 0 saturated carbocycles. The van der Waals surface area contributed by atoms with Crippen LogP contribution in [0.3, 0.4) is 0 Å². The molecule has 4 heteroatoms. The summed E-state index contributed by atoms with van der Waals surface area (Å²) in [5.74, 6) is -0.0485. The Labute approximate surface area is 128 Å². The third kappa shape index (κ3) is 2.96. The number of nitrogens with zero attached hydrogens (tertiary/aromatic N) is 1. The summed E-state index contributed by atoms with van der Waals surface area (Å²) in [4.78, 5) is 11.0. The number of rotatable bonds is 5. The molecular weight excluding hydrogens is 278 g/mol. The molecule has 1 aromatic heterocycles. The van der Waals surface area contributed by atoms with Gasteiger partial charge in [-0.2, -0.15) is 0 Å². The summed E-state index contributed by atoms with van der Waals surface area (Å²) in [5.41, 5.74) is 2.52. The van der Waals surface area contributed by atoms with Crippen molar-refractivity contribution < 1.29 is 14.6 Å². The Morgan fingerprint density at radius 1 is 1.14 bits per heavy atom. The molecule has 1 heterocycles. The van der Waals surface area contributed by atoms with E-state index in [9.17, 15) is 4.79 Å². The fraction of sp³-hybridized carbons (Fsp3) is 0.167. The van der Waals surface area contributed by atoms with Gasteiger partial charge in [0.25, 0.3) is 0 Å². The van der Waals surface area contributed by atoms with Crippen LogP contribution in [0.25, 0.3) is 10.9 Å². The van der Waals surface area contributed by atoms with Gasteiger partial charge in [-0.1, -0.05) is 17.7 Å². The van der Waals surface area contributed by atoms with Crippen LogP contribution in [-0.2, 0) is 6.54 Å².